The van der Waals surface area contributed by atoms with E-state index in [9.17, 15) is 19.2 Å². The van der Waals surface area contributed by atoms with Crippen molar-refractivity contribution in [2.45, 2.75) is 29.7 Å². The normalized spacial score (nSPS) is 19.8. The molecule has 2 aliphatic rings. The number of fused-ring (bicyclic) bond motifs is 2. The van der Waals surface area contributed by atoms with Gasteiger partial charge in [0.25, 0.3) is 0 Å². The number of ether oxygens (including phenoxy) is 1. The number of methoxy groups -OCH3 is 1. The van der Waals surface area contributed by atoms with Gasteiger partial charge in [0, 0.05) is 22.0 Å². The highest BCUT2D eigenvalue weighted by Gasteiger charge is 2.57. The molecule has 10 heteroatoms. The third-order valence-electron chi connectivity index (χ3n) is 7.26. The number of carbonyl (C=O) groups is 3. The SMILES string of the molecule is COc1ccccc1[C@H]1c2sc(=O)n(CC(=O)Nc3ccccc3C)c2SC2C(=O)N(c3ccccc3)C(=O)C21. The van der Waals surface area contributed by atoms with Crippen molar-refractivity contribution in [3.63, 3.8) is 0 Å². The summed E-state index contributed by atoms with van der Waals surface area (Å²) in [5, 5.41) is 2.64. The van der Waals surface area contributed by atoms with Crippen LogP contribution >= 0.6 is 23.1 Å². The minimum atomic E-state index is -0.769. The highest BCUT2D eigenvalue weighted by Crippen LogP contribution is 2.55. The number of imide groups is 1. The zero-order valence-corrected chi connectivity index (χ0v) is 23.3. The maximum atomic E-state index is 14.0. The van der Waals surface area contributed by atoms with Gasteiger partial charge in [0.05, 0.1) is 23.7 Å². The Kier molecular flexibility index (Phi) is 6.81. The average molecular weight is 572 g/mol. The molecular formula is C30H25N3O5S2. The molecule has 4 aromatic rings. The highest BCUT2D eigenvalue weighted by molar-refractivity contribution is 8.00. The van der Waals surface area contributed by atoms with E-state index in [0.29, 0.717) is 27.0 Å². The molecule has 3 heterocycles. The molecule has 202 valence electrons. The van der Waals surface area contributed by atoms with E-state index in [2.05, 4.69) is 5.32 Å². The maximum Gasteiger partial charge on any atom is 0.308 e. The number of amides is 3. The van der Waals surface area contributed by atoms with Gasteiger partial charge in [0.15, 0.2) is 0 Å². The number of carbonyl (C=O) groups excluding carboxylic acids is 3. The van der Waals surface area contributed by atoms with Gasteiger partial charge in [-0.25, -0.2) is 4.90 Å². The van der Waals surface area contributed by atoms with Crippen molar-refractivity contribution in [3.05, 3.63) is 105 Å². The smallest absolute Gasteiger partial charge is 0.308 e. The number of hydrogen-bond acceptors (Lipinski definition) is 7. The van der Waals surface area contributed by atoms with Gasteiger partial charge in [-0.15, -0.1) is 0 Å². The molecule has 2 unspecified atom stereocenters. The first kappa shape index (κ1) is 26.1. The minimum absolute atomic E-state index is 0.216. The second-order valence-corrected chi connectivity index (χ2v) is 11.7. The van der Waals surface area contributed by atoms with Crippen LogP contribution in [0.1, 0.15) is 21.9 Å². The molecule has 0 spiro atoms. The molecule has 3 aromatic carbocycles. The fraction of sp³-hybridized carbons (Fsp3) is 0.200. The maximum absolute atomic E-state index is 14.0. The van der Waals surface area contributed by atoms with E-state index in [4.69, 9.17) is 4.74 Å². The van der Waals surface area contributed by atoms with Crippen molar-refractivity contribution < 1.29 is 19.1 Å². The molecule has 0 saturated carbocycles. The minimum Gasteiger partial charge on any atom is -0.496 e. The summed E-state index contributed by atoms with van der Waals surface area (Å²) in [6, 6.07) is 23.6. The number of para-hydroxylation sites is 3. The topological polar surface area (TPSA) is 97.7 Å². The summed E-state index contributed by atoms with van der Waals surface area (Å²) in [4.78, 5) is 55.7. The van der Waals surface area contributed by atoms with E-state index in [-0.39, 0.29) is 29.1 Å². The van der Waals surface area contributed by atoms with Crippen LogP contribution in [0.4, 0.5) is 11.4 Å². The number of anilines is 2. The molecule has 3 atom stereocenters. The van der Waals surface area contributed by atoms with Crippen LogP contribution in [0, 0.1) is 12.8 Å². The molecule has 2 aliphatic heterocycles. The predicted molar refractivity (Wildman–Crippen MR) is 155 cm³/mol. The number of benzene rings is 3. The number of nitrogens with one attached hydrogen (secondary N) is 1. The number of nitrogens with zero attached hydrogens (tertiary/aromatic N) is 2. The van der Waals surface area contributed by atoms with Gasteiger partial charge in [-0.3, -0.25) is 23.7 Å². The van der Waals surface area contributed by atoms with Gasteiger partial charge in [-0.05, 0) is 36.8 Å². The monoisotopic (exact) mass is 571 g/mol. The zero-order chi connectivity index (χ0) is 28.0. The van der Waals surface area contributed by atoms with Crippen LogP contribution in [0.2, 0.25) is 0 Å². The fourth-order valence-corrected chi connectivity index (χ4v) is 8.16. The Balaban J connectivity index is 1.44. The first-order chi connectivity index (χ1) is 19.4. The van der Waals surface area contributed by atoms with Crippen LogP contribution in [0.5, 0.6) is 5.75 Å². The Morgan fingerprint density at radius 1 is 0.925 bits per heavy atom. The molecule has 1 N–H and O–H groups in total. The Labute approximate surface area is 238 Å². The van der Waals surface area contributed by atoms with Crippen molar-refractivity contribution in [1.29, 1.82) is 0 Å². The summed E-state index contributed by atoms with van der Waals surface area (Å²) in [6.07, 6.45) is 0. The summed E-state index contributed by atoms with van der Waals surface area (Å²) in [6.45, 7) is 1.68. The van der Waals surface area contributed by atoms with Crippen LogP contribution in [0.15, 0.2) is 88.7 Å². The van der Waals surface area contributed by atoms with Crippen LogP contribution < -0.4 is 19.8 Å². The van der Waals surface area contributed by atoms with Crippen LogP contribution in [-0.2, 0) is 20.9 Å². The second kappa shape index (κ2) is 10.4. The Hall–Kier alpha value is -4.15. The predicted octanol–water partition coefficient (Wildman–Crippen LogP) is 4.66. The van der Waals surface area contributed by atoms with Gasteiger partial charge in [0.1, 0.15) is 17.5 Å². The number of hydrogen-bond donors (Lipinski definition) is 1. The Bertz CT molecular complexity index is 1700. The molecule has 40 heavy (non-hydrogen) atoms. The molecule has 3 amide bonds. The molecular weight excluding hydrogens is 546 g/mol. The van der Waals surface area contributed by atoms with E-state index in [1.54, 1.807) is 43.5 Å². The number of aryl methyl sites for hydroxylation is 1. The van der Waals surface area contributed by atoms with Crippen molar-refractivity contribution in [1.82, 2.24) is 4.57 Å². The van der Waals surface area contributed by atoms with E-state index < -0.39 is 17.1 Å². The number of thiazole rings is 1. The zero-order valence-electron chi connectivity index (χ0n) is 21.7. The quantitative estimate of drug-likeness (QED) is 0.338. The van der Waals surface area contributed by atoms with Crippen molar-refractivity contribution in [2.75, 3.05) is 17.3 Å². The first-order valence-electron chi connectivity index (χ1n) is 12.7. The molecule has 6 rings (SSSR count). The van der Waals surface area contributed by atoms with Gasteiger partial charge in [-0.1, -0.05) is 77.7 Å². The summed E-state index contributed by atoms with van der Waals surface area (Å²) < 4.78 is 7.07. The van der Waals surface area contributed by atoms with E-state index in [0.717, 1.165) is 22.5 Å². The summed E-state index contributed by atoms with van der Waals surface area (Å²) in [5.74, 6) is -1.79. The summed E-state index contributed by atoms with van der Waals surface area (Å²) >= 11 is 2.20. The molecule has 1 fully saturated rings. The Morgan fingerprint density at radius 2 is 1.62 bits per heavy atom. The highest BCUT2D eigenvalue weighted by atomic mass is 32.2. The molecule has 0 radical (unpaired) electrons. The number of aromatic nitrogens is 1. The van der Waals surface area contributed by atoms with Crippen molar-refractivity contribution >= 4 is 52.2 Å². The lowest BCUT2D eigenvalue weighted by Crippen LogP contribution is -2.33. The van der Waals surface area contributed by atoms with Crippen LogP contribution in [-0.4, -0.2) is 34.6 Å². The van der Waals surface area contributed by atoms with Crippen molar-refractivity contribution in [2.24, 2.45) is 5.92 Å². The fourth-order valence-electron chi connectivity index (χ4n) is 5.39. The summed E-state index contributed by atoms with van der Waals surface area (Å²) in [7, 11) is 1.55. The molecule has 1 saturated heterocycles. The largest absolute Gasteiger partial charge is 0.496 e. The third kappa shape index (κ3) is 4.33. The molecule has 0 bridgehead atoms. The lowest BCUT2D eigenvalue weighted by Gasteiger charge is -2.31. The number of thioether (sulfide) groups is 1. The standard InChI is InChI=1S/C30H25N3O5S2/c1-17-10-6-8-14-20(17)31-22(34)16-32-29-26(40-30(32)37)23(19-13-7-9-15-21(19)38-2)24-25(39-29)28(36)33(27(24)35)18-11-4-3-5-12-18/h3-15,23-25H,16H2,1-2H3,(H,31,34)/t23-,24?,25?/m1/s1. The van der Waals surface area contributed by atoms with Crippen molar-refractivity contribution in [3.8, 4) is 5.75 Å². The van der Waals surface area contributed by atoms with Crippen LogP contribution in [0.3, 0.4) is 0 Å². The van der Waals surface area contributed by atoms with Gasteiger partial charge >= 0.3 is 4.87 Å². The summed E-state index contributed by atoms with van der Waals surface area (Å²) in [5.41, 5.74) is 2.79. The van der Waals surface area contributed by atoms with Crippen LogP contribution in [0.25, 0.3) is 0 Å². The van der Waals surface area contributed by atoms with E-state index in [1.807, 2.05) is 49.4 Å². The van der Waals surface area contributed by atoms with E-state index in [1.165, 1.54) is 21.2 Å². The van der Waals surface area contributed by atoms with Gasteiger partial charge < -0.3 is 10.1 Å². The number of rotatable bonds is 6. The van der Waals surface area contributed by atoms with Gasteiger partial charge in [-0.2, -0.15) is 0 Å². The first-order valence-corrected chi connectivity index (χ1v) is 14.4. The Morgan fingerprint density at radius 3 is 2.38 bits per heavy atom. The lowest BCUT2D eigenvalue weighted by atomic mass is 9.82. The molecule has 1 aromatic heterocycles. The van der Waals surface area contributed by atoms with Gasteiger partial charge in [0.2, 0.25) is 17.7 Å². The average Bonchev–Trinajstić information content (AvgIpc) is 3.40. The van der Waals surface area contributed by atoms with E-state index >= 15 is 0 Å². The molecule has 0 aliphatic carbocycles. The molecule has 8 nitrogen and oxygen atoms in total. The second-order valence-electron chi connectivity index (χ2n) is 9.62. The lowest BCUT2D eigenvalue weighted by molar-refractivity contribution is -0.122. The third-order valence-corrected chi connectivity index (χ3v) is 9.86.